The van der Waals surface area contributed by atoms with Crippen LogP contribution in [-0.4, -0.2) is 22.0 Å². The van der Waals surface area contributed by atoms with Gasteiger partial charge in [-0.3, -0.25) is 31.1 Å². The number of halogens is 2. The number of nitro benzene ring substituents is 1. The van der Waals surface area contributed by atoms with E-state index in [2.05, 4.69) is 16.2 Å². The van der Waals surface area contributed by atoms with Crippen molar-refractivity contribution in [2.75, 3.05) is 5.43 Å². The Labute approximate surface area is 169 Å². The van der Waals surface area contributed by atoms with E-state index < -0.39 is 16.9 Å². The lowest BCUT2D eigenvalue weighted by atomic mass is 10.3. The van der Waals surface area contributed by atoms with Crippen LogP contribution in [0.4, 0.5) is 11.4 Å². The molecule has 0 spiro atoms. The minimum absolute atomic E-state index is 0.00370. The normalized spacial score (nSPS) is 11.2. The summed E-state index contributed by atoms with van der Waals surface area (Å²) in [6.07, 6.45) is -0.872. The molecule has 2 aromatic carbocycles. The largest absolute Gasteiger partial charge is 0.479 e. The number of amides is 1. The van der Waals surface area contributed by atoms with Gasteiger partial charge in [0.2, 0.25) is 0 Å². The summed E-state index contributed by atoms with van der Waals surface area (Å²) in [5, 5.41) is 13.8. The molecule has 8 nitrogen and oxygen atoms in total. The second kappa shape index (κ2) is 9.36. The number of nitrogens with one attached hydrogen (secondary N) is 3. The maximum absolute atomic E-state index is 12.1. The van der Waals surface area contributed by atoms with Gasteiger partial charge in [0, 0.05) is 17.2 Å². The maximum atomic E-state index is 12.1. The van der Waals surface area contributed by atoms with Crippen LogP contribution in [0.2, 0.25) is 10.0 Å². The topological polar surface area (TPSA) is 106 Å². The van der Waals surface area contributed by atoms with Crippen LogP contribution in [0.5, 0.6) is 5.75 Å². The summed E-state index contributed by atoms with van der Waals surface area (Å²) in [6.45, 7) is 1.53. The van der Waals surface area contributed by atoms with Gasteiger partial charge in [0.15, 0.2) is 11.2 Å². The standard InChI is InChI=1S/C16H14Cl2N4O4S/c1-9(26-14-7-2-10(17)8-13(14)18)15(23)19-16(27)21-20-11-3-5-12(6-4-11)22(24)25/h2-9,20H,1H3,(H2,19,21,23,27). The van der Waals surface area contributed by atoms with Crippen molar-refractivity contribution in [2.24, 2.45) is 0 Å². The van der Waals surface area contributed by atoms with Gasteiger partial charge < -0.3 is 4.74 Å². The summed E-state index contributed by atoms with van der Waals surface area (Å²) in [5.41, 5.74) is 5.80. The first kappa shape index (κ1) is 20.7. The van der Waals surface area contributed by atoms with Crippen LogP contribution in [0, 0.1) is 10.1 Å². The molecule has 1 atom stereocenters. The van der Waals surface area contributed by atoms with Crippen molar-refractivity contribution in [1.82, 2.24) is 10.7 Å². The van der Waals surface area contributed by atoms with Crippen LogP contribution in [0.25, 0.3) is 0 Å². The number of hydrazine groups is 1. The van der Waals surface area contributed by atoms with Gasteiger partial charge in [-0.2, -0.15) is 0 Å². The van der Waals surface area contributed by atoms with Gasteiger partial charge in [-0.05, 0) is 49.5 Å². The number of nitrogens with zero attached hydrogens (tertiary/aromatic N) is 1. The predicted molar refractivity (Wildman–Crippen MR) is 107 cm³/mol. The van der Waals surface area contributed by atoms with E-state index in [1.807, 2.05) is 0 Å². The number of hydrogen-bond acceptors (Lipinski definition) is 6. The Hall–Kier alpha value is -2.62. The highest BCUT2D eigenvalue weighted by Crippen LogP contribution is 2.28. The molecule has 0 saturated carbocycles. The number of benzene rings is 2. The fraction of sp³-hybridized carbons (Fsp3) is 0.125. The van der Waals surface area contributed by atoms with Crippen molar-refractivity contribution in [1.29, 1.82) is 0 Å². The number of anilines is 1. The third-order valence-corrected chi connectivity index (χ3v) is 3.94. The number of carbonyl (C=O) groups is 1. The average molecular weight is 429 g/mol. The highest BCUT2D eigenvalue weighted by atomic mass is 35.5. The van der Waals surface area contributed by atoms with Gasteiger partial charge in [0.1, 0.15) is 5.75 Å². The molecule has 3 N–H and O–H groups in total. The van der Waals surface area contributed by atoms with Crippen LogP contribution < -0.4 is 20.9 Å². The van der Waals surface area contributed by atoms with E-state index in [0.29, 0.717) is 16.5 Å². The van der Waals surface area contributed by atoms with Gasteiger partial charge in [0.05, 0.1) is 15.6 Å². The molecule has 0 radical (unpaired) electrons. The van der Waals surface area contributed by atoms with Crippen molar-refractivity contribution >= 4 is 57.8 Å². The predicted octanol–water partition coefficient (Wildman–Crippen LogP) is 3.69. The SMILES string of the molecule is CC(Oc1ccc(Cl)cc1Cl)C(=O)NC(=S)NNc1ccc([N+](=O)[O-])cc1. The molecule has 0 aromatic heterocycles. The molecule has 27 heavy (non-hydrogen) atoms. The van der Waals surface area contributed by atoms with E-state index in [1.54, 1.807) is 12.1 Å². The van der Waals surface area contributed by atoms with E-state index in [1.165, 1.54) is 37.3 Å². The van der Waals surface area contributed by atoms with Gasteiger partial charge in [-0.1, -0.05) is 23.2 Å². The molecule has 0 aliphatic heterocycles. The van der Waals surface area contributed by atoms with Crippen molar-refractivity contribution in [3.63, 3.8) is 0 Å². The molecule has 1 unspecified atom stereocenters. The highest BCUT2D eigenvalue weighted by Gasteiger charge is 2.17. The molecule has 2 aromatic rings. The molecule has 0 fully saturated rings. The number of ether oxygens (including phenoxy) is 1. The summed E-state index contributed by atoms with van der Waals surface area (Å²) in [6, 6.07) is 10.3. The third kappa shape index (κ3) is 6.24. The first-order chi connectivity index (χ1) is 12.8. The molecule has 0 aliphatic rings. The van der Waals surface area contributed by atoms with Gasteiger partial charge in [0.25, 0.3) is 11.6 Å². The number of hydrogen-bond donors (Lipinski definition) is 3. The van der Waals surface area contributed by atoms with Crippen LogP contribution in [0.1, 0.15) is 6.92 Å². The summed E-state index contributed by atoms with van der Waals surface area (Å²) >= 11 is 16.8. The Morgan fingerprint density at radius 2 is 1.89 bits per heavy atom. The summed E-state index contributed by atoms with van der Waals surface area (Å²) in [7, 11) is 0. The third-order valence-electron chi connectivity index (χ3n) is 3.20. The highest BCUT2D eigenvalue weighted by molar-refractivity contribution is 7.80. The fourth-order valence-electron chi connectivity index (χ4n) is 1.85. The zero-order valence-corrected chi connectivity index (χ0v) is 16.2. The van der Waals surface area contributed by atoms with E-state index in [9.17, 15) is 14.9 Å². The molecule has 0 bridgehead atoms. The first-order valence-electron chi connectivity index (χ1n) is 7.49. The van der Waals surface area contributed by atoms with E-state index >= 15 is 0 Å². The van der Waals surface area contributed by atoms with Crippen molar-refractivity contribution in [2.45, 2.75) is 13.0 Å². The fourth-order valence-corrected chi connectivity index (χ4v) is 2.46. The lowest BCUT2D eigenvalue weighted by molar-refractivity contribution is -0.384. The van der Waals surface area contributed by atoms with Gasteiger partial charge in [-0.15, -0.1) is 0 Å². The lowest BCUT2D eigenvalue weighted by Crippen LogP contribution is -2.46. The number of carbonyl (C=O) groups excluding carboxylic acids is 1. The minimum Gasteiger partial charge on any atom is -0.479 e. The Balaban J connectivity index is 1.83. The molecule has 142 valence electrons. The molecular formula is C16H14Cl2N4O4S. The molecule has 11 heteroatoms. The van der Waals surface area contributed by atoms with Gasteiger partial charge in [-0.25, -0.2) is 0 Å². The van der Waals surface area contributed by atoms with Crippen molar-refractivity contribution < 1.29 is 14.5 Å². The zero-order valence-electron chi connectivity index (χ0n) is 13.9. The Bertz CT molecular complexity index is 864. The summed E-state index contributed by atoms with van der Waals surface area (Å²) in [4.78, 5) is 22.2. The monoisotopic (exact) mass is 428 g/mol. The van der Waals surface area contributed by atoms with Crippen molar-refractivity contribution in [3.8, 4) is 5.75 Å². The van der Waals surface area contributed by atoms with Crippen LogP contribution in [-0.2, 0) is 4.79 Å². The van der Waals surface area contributed by atoms with Gasteiger partial charge >= 0.3 is 0 Å². The van der Waals surface area contributed by atoms with E-state index in [0.717, 1.165) is 0 Å². The second-order valence-corrected chi connectivity index (χ2v) is 6.46. The molecule has 0 saturated heterocycles. The Kier molecular flexibility index (Phi) is 7.17. The Morgan fingerprint density at radius 3 is 2.48 bits per heavy atom. The number of thiocarbonyl (C=S) groups is 1. The van der Waals surface area contributed by atoms with Crippen LogP contribution in [0.3, 0.4) is 0 Å². The smallest absolute Gasteiger partial charge is 0.269 e. The summed E-state index contributed by atoms with van der Waals surface area (Å²) < 4.78 is 5.49. The van der Waals surface area contributed by atoms with E-state index in [4.69, 9.17) is 40.2 Å². The number of non-ortho nitro benzene ring substituents is 1. The molecule has 0 heterocycles. The maximum Gasteiger partial charge on any atom is 0.269 e. The lowest BCUT2D eigenvalue weighted by Gasteiger charge is -2.17. The van der Waals surface area contributed by atoms with Crippen LogP contribution in [0.15, 0.2) is 42.5 Å². The summed E-state index contributed by atoms with van der Waals surface area (Å²) in [5.74, 6) is -0.185. The first-order valence-corrected chi connectivity index (χ1v) is 8.65. The number of nitro groups is 1. The minimum atomic E-state index is -0.872. The second-order valence-electron chi connectivity index (χ2n) is 5.21. The zero-order chi connectivity index (χ0) is 20.0. The molecule has 1 amide bonds. The molecule has 2 rings (SSSR count). The Morgan fingerprint density at radius 1 is 1.22 bits per heavy atom. The quantitative estimate of drug-likeness (QED) is 0.365. The van der Waals surface area contributed by atoms with Crippen molar-refractivity contribution in [3.05, 3.63) is 62.6 Å². The molecule has 0 aliphatic carbocycles. The average Bonchev–Trinajstić information content (AvgIpc) is 2.62. The molecular weight excluding hydrogens is 415 g/mol. The number of rotatable bonds is 6. The van der Waals surface area contributed by atoms with Crippen LogP contribution >= 0.6 is 35.4 Å². The van der Waals surface area contributed by atoms with E-state index in [-0.39, 0.29) is 15.8 Å².